The van der Waals surface area contributed by atoms with Crippen molar-refractivity contribution in [1.82, 2.24) is 10.3 Å². The van der Waals surface area contributed by atoms with Crippen LogP contribution in [0.5, 0.6) is 0 Å². The van der Waals surface area contributed by atoms with Crippen LogP contribution in [0.1, 0.15) is 30.4 Å². The van der Waals surface area contributed by atoms with Gasteiger partial charge in [0.1, 0.15) is 16.4 Å². The minimum atomic E-state index is -0.565. The Balaban J connectivity index is 1.92. The van der Waals surface area contributed by atoms with Crippen LogP contribution in [-0.4, -0.2) is 9.91 Å². The first-order valence-electron chi connectivity index (χ1n) is 5.45. The van der Waals surface area contributed by atoms with Gasteiger partial charge in [-0.1, -0.05) is 0 Å². The second-order valence-electron chi connectivity index (χ2n) is 3.91. The average molecular weight is 251 g/mol. The van der Waals surface area contributed by atoms with Gasteiger partial charge in [0, 0.05) is 0 Å². The molecule has 18 heavy (non-hydrogen) atoms. The quantitative estimate of drug-likeness (QED) is 0.647. The number of nitrogens with zero attached hydrogens (tertiary/aromatic N) is 2. The van der Waals surface area contributed by atoms with Gasteiger partial charge in [0.2, 0.25) is 5.89 Å². The fourth-order valence-corrected chi connectivity index (χ4v) is 1.47. The minimum Gasteiger partial charge on any atom is -0.444 e. The van der Waals surface area contributed by atoms with Crippen LogP contribution in [-0.2, 0) is 6.54 Å². The molecule has 2 aromatic heterocycles. The molecule has 0 bridgehead atoms. The predicted octanol–water partition coefficient (Wildman–Crippen LogP) is 2.34. The molecule has 7 nitrogen and oxygen atoms in total. The molecule has 7 heteroatoms. The van der Waals surface area contributed by atoms with E-state index < -0.39 is 4.92 Å². The van der Waals surface area contributed by atoms with Gasteiger partial charge in [-0.15, -0.1) is 0 Å². The normalized spacial score (nSPS) is 12.6. The van der Waals surface area contributed by atoms with Gasteiger partial charge >= 0.3 is 5.88 Å². The minimum absolute atomic E-state index is 0.0946. The zero-order chi connectivity index (χ0) is 13.1. The smallest absolute Gasteiger partial charge is 0.433 e. The average Bonchev–Trinajstić information content (AvgIpc) is 2.94. The van der Waals surface area contributed by atoms with Gasteiger partial charge in [0.15, 0.2) is 0 Å². The molecule has 1 unspecified atom stereocenters. The van der Waals surface area contributed by atoms with Crippen molar-refractivity contribution in [3.8, 4) is 0 Å². The number of nitro groups is 1. The third-order valence-corrected chi connectivity index (χ3v) is 2.42. The number of hydrogen-bond acceptors (Lipinski definition) is 6. The number of aromatic nitrogens is 1. The summed E-state index contributed by atoms with van der Waals surface area (Å²) in [4.78, 5) is 14.0. The highest BCUT2D eigenvalue weighted by Crippen LogP contribution is 2.17. The summed E-state index contributed by atoms with van der Waals surface area (Å²) in [5.74, 6) is 1.56. The van der Waals surface area contributed by atoms with E-state index in [1.165, 1.54) is 6.07 Å². The highest BCUT2D eigenvalue weighted by Gasteiger charge is 2.14. The second kappa shape index (κ2) is 5.01. The Morgan fingerprint density at radius 2 is 2.28 bits per heavy atom. The Morgan fingerprint density at radius 3 is 2.83 bits per heavy atom. The van der Waals surface area contributed by atoms with E-state index in [0.29, 0.717) is 18.2 Å². The molecule has 2 heterocycles. The molecule has 2 rings (SSSR count). The molecule has 0 fully saturated rings. The lowest BCUT2D eigenvalue weighted by molar-refractivity contribution is -0.402. The SMILES string of the molecule is Cc1cnc(C(C)NCc2ccc([N+](=O)[O-])o2)o1. The third kappa shape index (κ3) is 2.75. The first-order chi connectivity index (χ1) is 8.56. The standard InChI is InChI=1S/C11H13N3O4/c1-7-5-13-11(17-7)8(2)12-6-9-3-4-10(18-9)14(15)16/h3-5,8,12H,6H2,1-2H3. The molecule has 2 aromatic rings. The molecule has 0 saturated carbocycles. The molecule has 0 aromatic carbocycles. The molecule has 0 spiro atoms. The first-order valence-corrected chi connectivity index (χ1v) is 5.45. The van der Waals surface area contributed by atoms with Crippen LogP contribution in [0.4, 0.5) is 5.88 Å². The van der Waals surface area contributed by atoms with Crippen LogP contribution in [0.3, 0.4) is 0 Å². The van der Waals surface area contributed by atoms with Gasteiger partial charge in [0.05, 0.1) is 24.8 Å². The van der Waals surface area contributed by atoms with E-state index in [1.807, 2.05) is 13.8 Å². The maximum atomic E-state index is 10.4. The summed E-state index contributed by atoms with van der Waals surface area (Å²) in [5.41, 5.74) is 0. The maximum absolute atomic E-state index is 10.4. The third-order valence-electron chi connectivity index (χ3n) is 2.42. The monoisotopic (exact) mass is 251 g/mol. The molecule has 0 saturated heterocycles. The fourth-order valence-electron chi connectivity index (χ4n) is 1.47. The van der Waals surface area contributed by atoms with Crippen molar-refractivity contribution in [2.75, 3.05) is 0 Å². The first kappa shape index (κ1) is 12.3. The van der Waals surface area contributed by atoms with Crippen LogP contribution in [0.2, 0.25) is 0 Å². The van der Waals surface area contributed by atoms with Crippen molar-refractivity contribution in [3.63, 3.8) is 0 Å². The van der Waals surface area contributed by atoms with Gasteiger partial charge in [-0.25, -0.2) is 4.98 Å². The van der Waals surface area contributed by atoms with E-state index in [0.717, 1.165) is 5.76 Å². The lowest BCUT2D eigenvalue weighted by Crippen LogP contribution is -2.17. The van der Waals surface area contributed by atoms with Gasteiger partial charge in [-0.05, 0) is 19.9 Å². The van der Waals surface area contributed by atoms with Gasteiger partial charge in [-0.2, -0.15) is 0 Å². The molecule has 0 aliphatic heterocycles. The topological polar surface area (TPSA) is 94.3 Å². The largest absolute Gasteiger partial charge is 0.444 e. The highest BCUT2D eigenvalue weighted by atomic mass is 16.6. The van der Waals surface area contributed by atoms with E-state index in [-0.39, 0.29) is 11.9 Å². The number of rotatable bonds is 5. The Labute approximate surface area is 103 Å². The highest BCUT2D eigenvalue weighted by molar-refractivity contribution is 5.17. The molecular formula is C11H13N3O4. The summed E-state index contributed by atoms with van der Waals surface area (Å²) in [6.45, 7) is 4.08. The number of oxazole rings is 1. The number of furan rings is 1. The number of hydrogen-bond donors (Lipinski definition) is 1. The van der Waals surface area contributed by atoms with E-state index >= 15 is 0 Å². The molecule has 0 aliphatic rings. The Bertz CT molecular complexity index is 546. The summed E-state index contributed by atoms with van der Waals surface area (Å²) in [6.07, 6.45) is 1.64. The van der Waals surface area contributed by atoms with Crippen molar-refractivity contribution >= 4 is 5.88 Å². The molecule has 1 atom stereocenters. The molecule has 96 valence electrons. The van der Waals surface area contributed by atoms with Crippen LogP contribution in [0, 0.1) is 17.0 Å². The predicted molar refractivity (Wildman–Crippen MR) is 61.9 cm³/mol. The summed E-state index contributed by atoms with van der Waals surface area (Å²) in [7, 11) is 0. The second-order valence-corrected chi connectivity index (χ2v) is 3.91. The van der Waals surface area contributed by atoms with Crippen molar-refractivity contribution in [2.24, 2.45) is 0 Å². The van der Waals surface area contributed by atoms with Crippen molar-refractivity contribution in [1.29, 1.82) is 0 Å². The van der Waals surface area contributed by atoms with Gasteiger partial charge in [0.25, 0.3) is 0 Å². The zero-order valence-corrected chi connectivity index (χ0v) is 10.0. The Kier molecular flexibility index (Phi) is 3.42. The summed E-state index contributed by atoms with van der Waals surface area (Å²) in [6, 6.07) is 2.80. The zero-order valence-electron chi connectivity index (χ0n) is 10.0. The Morgan fingerprint density at radius 1 is 1.50 bits per heavy atom. The lowest BCUT2D eigenvalue weighted by atomic mass is 10.3. The summed E-state index contributed by atoms with van der Waals surface area (Å²) >= 11 is 0. The van der Waals surface area contributed by atoms with Crippen LogP contribution < -0.4 is 5.32 Å². The number of aryl methyl sites for hydroxylation is 1. The summed E-state index contributed by atoms with van der Waals surface area (Å²) < 4.78 is 10.4. The molecule has 0 aliphatic carbocycles. The maximum Gasteiger partial charge on any atom is 0.433 e. The number of nitrogens with one attached hydrogen (secondary N) is 1. The van der Waals surface area contributed by atoms with Crippen LogP contribution in [0.15, 0.2) is 27.2 Å². The molecule has 1 N–H and O–H groups in total. The molecule has 0 radical (unpaired) electrons. The Hall–Kier alpha value is -2.15. The van der Waals surface area contributed by atoms with Crippen LogP contribution in [0.25, 0.3) is 0 Å². The van der Waals surface area contributed by atoms with Crippen molar-refractivity contribution in [2.45, 2.75) is 26.4 Å². The molecule has 0 amide bonds. The van der Waals surface area contributed by atoms with Crippen LogP contribution >= 0.6 is 0 Å². The van der Waals surface area contributed by atoms with Crippen molar-refractivity contribution < 1.29 is 13.8 Å². The van der Waals surface area contributed by atoms with Crippen molar-refractivity contribution in [3.05, 3.63) is 45.9 Å². The van der Waals surface area contributed by atoms with E-state index in [1.54, 1.807) is 12.3 Å². The van der Waals surface area contributed by atoms with E-state index in [9.17, 15) is 10.1 Å². The lowest BCUT2D eigenvalue weighted by Gasteiger charge is -2.07. The van der Waals surface area contributed by atoms with Gasteiger partial charge in [-0.3, -0.25) is 15.4 Å². The van der Waals surface area contributed by atoms with Gasteiger partial charge < -0.3 is 8.83 Å². The van der Waals surface area contributed by atoms with E-state index in [4.69, 9.17) is 8.83 Å². The van der Waals surface area contributed by atoms with E-state index in [2.05, 4.69) is 10.3 Å². The molecular weight excluding hydrogens is 238 g/mol. The fraction of sp³-hybridized carbons (Fsp3) is 0.364. The summed E-state index contributed by atoms with van der Waals surface area (Å²) in [5, 5.41) is 13.6.